The highest BCUT2D eigenvalue weighted by atomic mass is 32.1. The van der Waals surface area contributed by atoms with Gasteiger partial charge in [-0.05, 0) is 12.8 Å². The molecule has 24 heavy (non-hydrogen) atoms. The Labute approximate surface area is 145 Å². The van der Waals surface area contributed by atoms with Crippen molar-refractivity contribution in [3.05, 3.63) is 27.9 Å². The molecule has 0 saturated carbocycles. The first kappa shape index (κ1) is 17.0. The summed E-state index contributed by atoms with van der Waals surface area (Å²) in [5.74, 6) is 1.18. The summed E-state index contributed by atoms with van der Waals surface area (Å²) in [6, 6.07) is 0. The first-order valence-electron chi connectivity index (χ1n) is 8.27. The third-order valence-corrected chi connectivity index (χ3v) is 4.85. The Balaban J connectivity index is 1.68. The van der Waals surface area contributed by atoms with Gasteiger partial charge in [-0.25, -0.2) is 4.98 Å². The van der Waals surface area contributed by atoms with Gasteiger partial charge in [-0.1, -0.05) is 20.8 Å². The maximum Gasteiger partial charge on any atom is 0.265 e. The molecule has 0 bridgehead atoms. The predicted octanol–water partition coefficient (Wildman–Crippen LogP) is 2.82. The zero-order chi connectivity index (χ0) is 17.1. The molecule has 8 heteroatoms. The van der Waals surface area contributed by atoms with Crippen LogP contribution in [0, 0.1) is 0 Å². The van der Waals surface area contributed by atoms with Crippen LogP contribution in [0.4, 0.5) is 0 Å². The first-order valence-corrected chi connectivity index (χ1v) is 9.09. The van der Waals surface area contributed by atoms with Crippen molar-refractivity contribution in [1.29, 1.82) is 0 Å². The molecule has 1 aliphatic heterocycles. The Bertz CT molecular complexity index is 697. The molecule has 1 aliphatic rings. The van der Waals surface area contributed by atoms with Gasteiger partial charge in [0.15, 0.2) is 6.10 Å². The number of nitrogens with zero attached hydrogens (tertiary/aromatic N) is 4. The molecule has 0 aromatic carbocycles. The predicted molar refractivity (Wildman–Crippen MR) is 89.1 cm³/mol. The number of aryl methyl sites for hydroxylation is 1. The molecule has 3 heterocycles. The van der Waals surface area contributed by atoms with Gasteiger partial charge in [0.25, 0.3) is 5.91 Å². The van der Waals surface area contributed by atoms with Crippen molar-refractivity contribution >= 4 is 17.2 Å². The van der Waals surface area contributed by atoms with Crippen LogP contribution in [0.2, 0.25) is 0 Å². The van der Waals surface area contributed by atoms with Crippen molar-refractivity contribution < 1.29 is 13.9 Å². The monoisotopic (exact) mass is 350 g/mol. The third kappa shape index (κ3) is 3.64. The fraction of sp³-hybridized carbons (Fsp3) is 0.625. The molecular weight excluding hydrogens is 328 g/mol. The molecule has 7 nitrogen and oxygen atoms in total. The Kier molecular flexibility index (Phi) is 5.25. The SMILES string of the molecule is CCCc1ncc(C(=O)N2CCO[C@H](c3nnc(C(C)C)o3)C2)s1. The Hall–Kier alpha value is -1.80. The van der Waals surface area contributed by atoms with Crippen LogP contribution in [0.15, 0.2) is 10.6 Å². The molecule has 3 rings (SSSR count). The summed E-state index contributed by atoms with van der Waals surface area (Å²) >= 11 is 1.47. The lowest BCUT2D eigenvalue weighted by molar-refractivity contribution is -0.0349. The Morgan fingerprint density at radius 1 is 1.46 bits per heavy atom. The fourth-order valence-electron chi connectivity index (χ4n) is 2.49. The molecule has 0 spiro atoms. The van der Waals surface area contributed by atoms with Crippen LogP contribution in [0.3, 0.4) is 0 Å². The second-order valence-electron chi connectivity index (χ2n) is 6.11. The number of aromatic nitrogens is 3. The fourth-order valence-corrected chi connectivity index (χ4v) is 3.47. The standard InChI is InChI=1S/C16H22N4O3S/c1-4-5-13-17-8-12(24-13)16(21)20-6-7-22-11(9-20)15-19-18-14(23-15)10(2)3/h8,10-11H,4-7,9H2,1-3H3/t11-/m0/s1. The molecule has 1 saturated heterocycles. The smallest absolute Gasteiger partial charge is 0.265 e. The molecule has 130 valence electrons. The number of hydrogen-bond acceptors (Lipinski definition) is 7. The maximum absolute atomic E-state index is 12.7. The van der Waals surface area contributed by atoms with Crippen LogP contribution in [0.5, 0.6) is 0 Å². The molecule has 0 radical (unpaired) electrons. The van der Waals surface area contributed by atoms with E-state index < -0.39 is 0 Å². The minimum Gasteiger partial charge on any atom is -0.422 e. The van der Waals surface area contributed by atoms with Gasteiger partial charge >= 0.3 is 0 Å². The van der Waals surface area contributed by atoms with Crippen molar-refractivity contribution in [2.24, 2.45) is 0 Å². The lowest BCUT2D eigenvalue weighted by Gasteiger charge is -2.30. The van der Waals surface area contributed by atoms with Crippen LogP contribution in [0.1, 0.15) is 65.7 Å². The largest absolute Gasteiger partial charge is 0.422 e. The van der Waals surface area contributed by atoms with Crippen LogP contribution in [-0.4, -0.2) is 45.7 Å². The summed E-state index contributed by atoms with van der Waals surface area (Å²) in [5, 5.41) is 9.11. The average molecular weight is 350 g/mol. The van der Waals surface area contributed by atoms with Crippen LogP contribution in [0.25, 0.3) is 0 Å². The van der Waals surface area contributed by atoms with Gasteiger partial charge < -0.3 is 14.1 Å². The minimum absolute atomic E-state index is 0.00764. The van der Waals surface area contributed by atoms with E-state index in [-0.39, 0.29) is 17.9 Å². The van der Waals surface area contributed by atoms with Gasteiger partial charge in [-0.2, -0.15) is 0 Å². The molecule has 2 aromatic rings. The van der Waals surface area contributed by atoms with E-state index in [1.165, 1.54) is 11.3 Å². The number of amides is 1. The molecule has 1 fully saturated rings. The van der Waals surface area contributed by atoms with Gasteiger partial charge in [0.1, 0.15) is 4.88 Å². The topological polar surface area (TPSA) is 81.4 Å². The molecule has 0 N–H and O–H groups in total. The minimum atomic E-state index is -0.370. The zero-order valence-electron chi connectivity index (χ0n) is 14.2. The average Bonchev–Trinajstić information content (AvgIpc) is 3.24. The second-order valence-corrected chi connectivity index (χ2v) is 7.23. The number of ether oxygens (including phenoxy) is 1. The highest BCUT2D eigenvalue weighted by molar-refractivity contribution is 7.13. The lowest BCUT2D eigenvalue weighted by Crippen LogP contribution is -2.42. The van der Waals surface area contributed by atoms with Gasteiger partial charge in [-0.3, -0.25) is 4.79 Å². The number of carbonyl (C=O) groups excluding carboxylic acids is 1. The third-order valence-electron chi connectivity index (χ3n) is 3.81. The van der Waals surface area contributed by atoms with Gasteiger partial charge in [0.05, 0.1) is 24.4 Å². The quantitative estimate of drug-likeness (QED) is 0.825. The van der Waals surface area contributed by atoms with Gasteiger partial charge in [0, 0.05) is 12.5 Å². The molecular formula is C16H22N4O3S. The lowest BCUT2D eigenvalue weighted by atomic mass is 10.2. The van der Waals surface area contributed by atoms with E-state index in [4.69, 9.17) is 9.15 Å². The molecule has 0 unspecified atom stereocenters. The molecule has 1 atom stereocenters. The number of hydrogen-bond donors (Lipinski definition) is 0. The highest BCUT2D eigenvalue weighted by Crippen LogP contribution is 2.25. The van der Waals surface area contributed by atoms with Crippen LogP contribution < -0.4 is 0 Å². The Morgan fingerprint density at radius 2 is 2.29 bits per heavy atom. The van der Waals surface area contributed by atoms with Crippen molar-refractivity contribution in [3.8, 4) is 0 Å². The Morgan fingerprint density at radius 3 is 3.00 bits per heavy atom. The van der Waals surface area contributed by atoms with Crippen molar-refractivity contribution in [2.75, 3.05) is 19.7 Å². The van der Waals surface area contributed by atoms with Gasteiger partial charge in [0.2, 0.25) is 11.8 Å². The second kappa shape index (κ2) is 7.40. The van der Waals surface area contributed by atoms with E-state index >= 15 is 0 Å². The summed E-state index contributed by atoms with van der Waals surface area (Å²) in [6.07, 6.45) is 3.23. The van der Waals surface area contributed by atoms with E-state index in [1.807, 2.05) is 13.8 Å². The van der Waals surface area contributed by atoms with Crippen molar-refractivity contribution in [1.82, 2.24) is 20.1 Å². The van der Waals surface area contributed by atoms with Gasteiger partial charge in [-0.15, -0.1) is 21.5 Å². The number of carbonyl (C=O) groups is 1. The highest BCUT2D eigenvalue weighted by Gasteiger charge is 2.30. The van der Waals surface area contributed by atoms with E-state index in [0.717, 1.165) is 17.8 Å². The number of rotatable bonds is 5. The molecule has 0 aliphatic carbocycles. The molecule has 1 amide bonds. The summed E-state index contributed by atoms with van der Waals surface area (Å²) in [5.41, 5.74) is 0. The zero-order valence-corrected chi connectivity index (χ0v) is 15.0. The summed E-state index contributed by atoms with van der Waals surface area (Å²) in [4.78, 5) is 19.5. The number of thiazole rings is 1. The van der Waals surface area contributed by atoms with E-state index in [0.29, 0.717) is 36.4 Å². The van der Waals surface area contributed by atoms with E-state index in [9.17, 15) is 4.79 Å². The first-order chi connectivity index (χ1) is 11.6. The van der Waals surface area contributed by atoms with Crippen molar-refractivity contribution in [2.45, 2.75) is 45.6 Å². The molecule has 2 aromatic heterocycles. The summed E-state index contributed by atoms with van der Waals surface area (Å²) in [7, 11) is 0. The van der Waals surface area contributed by atoms with Crippen LogP contribution in [-0.2, 0) is 11.2 Å². The van der Waals surface area contributed by atoms with Crippen LogP contribution >= 0.6 is 11.3 Å². The van der Waals surface area contributed by atoms with E-state index in [1.54, 1.807) is 11.1 Å². The number of morpholine rings is 1. The van der Waals surface area contributed by atoms with E-state index in [2.05, 4.69) is 22.1 Å². The van der Waals surface area contributed by atoms with Crippen molar-refractivity contribution in [3.63, 3.8) is 0 Å². The normalized spacial score (nSPS) is 18.3. The maximum atomic E-state index is 12.7. The summed E-state index contributed by atoms with van der Waals surface area (Å²) in [6.45, 7) is 7.52. The summed E-state index contributed by atoms with van der Waals surface area (Å²) < 4.78 is 11.4.